The Morgan fingerprint density at radius 2 is 2.12 bits per heavy atom. The fourth-order valence-corrected chi connectivity index (χ4v) is 2.07. The monoisotopic (exact) mass is 252 g/mol. The average Bonchev–Trinajstić information content (AvgIpc) is 2.24. The zero-order valence-corrected chi connectivity index (χ0v) is 10.0. The van der Waals surface area contributed by atoms with Crippen molar-refractivity contribution in [1.82, 2.24) is 10.2 Å². The average molecular weight is 252 g/mol. The number of alkyl halides is 3. The standard InChI is InChI=1S/C11H19F3N2O/c1-2-9(7-15-8-11(12,13)14)16-6-4-3-5-10(16)17/h9,15H,2-8H2,1H3/t9-/m0/s1. The number of halogens is 3. The molecule has 1 heterocycles. The van der Waals surface area contributed by atoms with Crippen molar-refractivity contribution in [1.29, 1.82) is 0 Å². The van der Waals surface area contributed by atoms with Gasteiger partial charge in [-0.25, -0.2) is 0 Å². The van der Waals surface area contributed by atoms with Crippen molar-refractivity contribution < 1.29 is 18.0 Å². The van der Waals surface area contributed by atoms with Crippen molar-refractivity contribution >= 4 is 5.91 Å². The van der Waals surface area contributed by atoms with Gasteiger partial charge in [-0.15, -0.1) is 0 Å². The molecule has 0 spiro atoms. The van der Waals surface area contributed by atoms with Crippen molar-refractivity contribution in [3.8, 4) is 0 Å². The lowest BCUT2D eigenvalue weighted by Crippen LogP contribution is -2.48. The van der Waals surface area contributed by atoms with Crippen LogP contribution in [0.3, 0.4) is 0 Å². The number of carbonyl (C=O) groups excluding carboxylic acids is 1. The Kier molecular flexibility index (Phi) is 5.24. The highest BCUT2D eigenvalue weighted by Gasteiger charge is 2.28. The number of amides is 1. The first-order chi connectivity index (χ1) is 7.94. The predicted molar refractivity (Wildman–Crippen MR) is 58.6 cm³/mol. The summed E-state index contributed by atoms with van der Waals surface area (Å²) in [5.41, 5.74) is 0. The summed E-state index contributed by atoms with van der Waals surface area (Å²) in [5.74, 6) is 0.0666. The highest BCUT2D eigenvalue weighted by molar-refractivity contribution is 5.77. The fourth-order valence-electron chi connectivity index (χ4n) is 2.07. The zero-order chi connectivity index (χ0) is 12.9. The molecule has 1 saturated heterocycles. The van der Waals surface area contributed by atoms with Crippen LogP contribution in [0, 0.1) is 0 Å². The maximum atomic E-state index is 12.0. The van der Waals surface area contributed by atoms with Crippen LogP contribution in [0.25, 0.3) is 0 Å². The highest BCUT2D eigenvalue weighted by atomic mass is 19.4. The number of nitrogens with zero attached hydrogens (tertiary/aromatic N) is 1. The Balaban J connectivity index is 2.39. The third-order valence-electron chi connectivity index (χ3n) is 2.98. The van der Waals surface area contributed by atoms with E-state index >= 15 is 0 Å². The van der Waals surface area contributed by atoms with E-state index in [-0.39, 0.29) is 18.5 Å². The van der Waals surface area contributed by atoms with E-state index in [1.165, 1.54) is 0 Å². The number of carbonyl (C=O) groups is 1. The number of hydrogen-bond donors (Lipinski definition) is 1. The topological polar surface area (TPSA) is 32.3 Å². The van der Waals surface area contributed by atoms with E-state index in [1.807, 2.05) is 6.92 Å². The van der Waals surface area contributed by atoms with Gasteiger partial charge >= 0.3 is 6.18 Å². The summed E-state index contributed by atoms with van der Waals surface area (Å²) in [6, 6.07) is -0.120. The molecule has 0 radical (unpaired) electrons. The van der Waals surface area contributed by atoms with Crippen LogP contribution in [0.4, 0.5) is 13.2 Å². The van der Waals surface area contributed by atoms with Crippen LogP contribution in [0.2, 0.25) is 0 Å². The second-order valence-electron chi connectivity index (χ2n) is 4.35. The van der Waals surface area contributed by atoms with Gasteiger partial charge in [0.25, 0.3) is 0 Å². The van der Waals surface area contributed by atoms with E-state index in [2.05, 4.69) is 5.32 Å². The minimum Gasteiger partial charge on any atom is -0.338 e. The predicted octanol–water partition coefficient (Wildman–Crippen LogP) is 1.93. The fraction of sp³-hybridized carbons (Fsp3) is 0.909. The van der Waals surface area contributed by atoms with Crippen LogP contribution in [-0.4, -0.2) is 42.7 Å². The highest BCUT2D eigenvalue weighted by Crippen LogP contribution is 2.16. The van der Waals surface area contributed by atoms with Gasteiger partial charge in [0.05, 0.1) is 6.54 Å². The van der Waals surface area contributed by atoms with Gasteiger partial charge in [0.2, 0.25) is 5.91 Å². The van der Waals surface area contributed by atoms with Gasteiger partial charge in [0.1, 0.15) is 0 Å². The van der Waals surface area contributed by atoms with E-state index < -0.39 is 12.7 Å². The zero-order valence-electron chi connectivity index (χ0n) is 10.0. The molecule has 1 atom stereocenters. The molecule has 0 bridgehead atoms. The molecule has 0 saturated carbocycles. The Labute approximate surface area is 99.4 Å². The summed E-state index contributed by atoms with van der Waals surface area (Å²) in [4.78, 5) is 13.3. The normalized spacial score (nSPS) is 19.5. The molecule has 1 fully saturated rings. The third kappa shape index (κ3) is 4.93. The summed E-state index contributed by atoms with van der Waals surface area (Å²) >= 11 is 0. The molecule has 6 heteroatoms. The molecule has 1 amide bonds. The second-order valence-corrected chi connectivity index (χ2v) is 4.35. The summed E-state index contributed by atoms with van der Waals surface area (Å²) in [5, 5.41) is 2.38. The maximum Gasteiger partial charge on any atom is 0.401 e. The molecule has 3 nitrogen and oxygen atoms in total. The molecule has 0 aromatic rings. The summed E-state index contributed by atoms with van der Waals surface area (Å²) in [7, 11) is 0. The number of nitrogens with one attached hydrogen (secondary N) is 1. The minimum atomic E-state index is -4.19. The van der Waals surface area contributed by atoms with Crippen LogP contribution in [0.1, 0.15) is 32.6 Å². The van der Waals surface area contributed by atoms with E-state index in [9.17, 15) is 18.0 Å². The van der Waals surface area contributed by atoms with Crippen molar-refractivity contribution in [2.75, 3.05) is 19.6 Å². The van der Waals surface area contributed by atoms with E-state index in [0.29, 0.717) is 19.4 Å². The van der Waals surface area contributed by atoms with E-state index in [4.69, 9.17) is 0 Å². The summed E-state index contributed by atoms with van der Waals surface area (Å²) in [6.45, 7) is 1.78. The molecule has 0 aromatic heterocycles. The minimum absolute atomic E-state index is 0.0666. The third-order valence-corrected chi connectivity index (χ3v) is 2.98. The maximum absolute atomic E-state index is 12.0. The largest absolute Gasteiger partial charge is 0.401 e. The number of piperidine rings is 1. The van der Waals surface area contributed by atoms with Gasteiger partial charge in [0.15, 0.2) is 0 Å². The molecule has 1 aliphatic heterocycles. The lowest BCUT2D eigenvalue weighted by atomic mass is 10.1. The van der Waals surface area contributed by atoms with Gasteiger partial charge < -0.3 is 10.2 Å². The van der Waals surface area contributed by atoms with Gasteiger partial charge in [0, 0.05) is 25.6 Å². The van der Waals surface area contributed by atoms with Gasteiger partial charge in [-0.05, 0) is 19.3 Å². The number of hydrogen-bond acceptors (Lipinski definition) is 2. The molecule has 0 unspecified atom stereocenters. The van der Waals surface area contributed by atoms with E-state index in [1.54, 1.807) is 4.90 Å². The quantitative estimate of drug-likeness (QED) is 0.811. The van der Waals surface area contributed by atoms with Crippen LogP contribution >= 0.6 is 0 Å². The Bertz CT molecular complexity index is 256. The van der Waals surface area contributed by atoms with Crippen molar-refractivity contribution in [2.24, 2.45) is 0 Å². The smallest absolute Gasteiger partial charge is 0.338 e. The van der Waals surface area contributed by atoms with Gasteiger partial charge in [-0.2, -0.15) is 13.2 Å². The second kappa shape index (κ2) is 6.23. The first-order valence-electron chi connectivity index (χ1n) is 6.01. The molecule has 0 aromatic carbocycles. The molecule has 17 heavy (non-hydrogen) atoms. The first kappa shape index (κ1) is 14.3. The molecule has 1 rings (SSSR count). The molecule has 1 aliphatic rings. The molecular weight excluding hydrogens is 233 g/mol. The van der Waals surface area contributed by atoms with Crippen molar-refractivity contribution in [3.63, 3.8) is 0 Å². The summed E-state index contributed by atoms with van der Waals surface area (Å²) in [6.07, 6.45) is -1.15. The Morgan fingerprint density at radius 1 is 1.41 bits per heavy atom. The first-order valence-corrected chi connectivity index (χ1v) is 6.01. The summed E-state index contributed by atoms with van der Waals surface area (Å²) < 4.78 is 36.0. The Hall–Kier alpha value is -0.780. The lowest BCUT2D eigenvalue weighted by Gasteiger charge is -2.34. The lowest BCUT2D eigenvalue weighted by molar-refractivity contribution is -0.136. The van der Waals surface area contributed by atoms with Crippen molar-refractivity contribution in [3.05, 3.63) is 0 Å². The van der Waals surface area contributed by atoms with Crippen LogP contribution in [-0.2, 0) is 4.79 Å². The van der Waals surface area contributed by atoms with Crippen LogP contribution in [0.5, 0.6) is 0 Å². The number of rotatable bonds is 5. The van der Waals surface area contributed by atoms with Crippen molar-refractivity contribution in [2.45, 2.75) is 44.8 Å². The van der Waals surface area contributed by atoms with Crippen LogP contribution < -0.4 is 5.32 Å². The molecule has 0 aliphatic carbocycles. The molecular formula is C11H19F3N2O. The van der Waals surface area contributed by atoms with Gasteiger partial charge in [-0.3, -0.25) is 4.79 Å². The molecule has 100 valence electrons. The van der Waals surface area contributed by atoms with Gasteiger partial charge in [-0.1, -0.05) is 6.92 Å². The SMILES string of the molecule is CC[C@@H](CNCC(F)(F)F)N1CCCCC1=O. The molecule has 1 N–H and O–H groups in total. The van der Waals surface area contributed by atoms with E-state index in [0.717, 1.165) is 12.8 Å². The van der Waals surface area contributed by atoms with Crippen LogP contribution in [0.15, 0.2) is 0 Å². The Morgan fingerprint density at radius 3 is 2.65 bits per heavy atom. The number of likely N-dealkylation sites (tertiary alicyclic amines) is 1.